The van der Waals surface area contributed by atoms with Gasteiger partial charge in [-0.15, -0.1) is 0 Å². The van der Waals surface area contributed by atoms with E-state index in [0.29, 0.717) is 36.8 Å². The van der Waals surface area contributed by atoms with E-state index in [1.807, 2.05) is 18.2 Å². The fraction of sp³-hybridized carbons (Fsp3) is 0.571. The average Bonchev–Trinajstić information content (AvgIpc) is 3.11. The zero-order valence-corrected chi connectivity index (χ0v) is 17.8. The van der Waals surface area contributed by atoms with Gasteiger partial charge in [-0.1, -0.05) is 32.9 Å². The van der Waals surface area contributed by atoms with Crippen molar-refractivity contribution in [2.24, 2.45) is 10.9 Å². The first kappa shape index (κ1) is 21.7. The molecule has 1 unspecified atom stereocenters. The molecule has 2 rings (SSSR count). The third-order valence-corrected chi connectivity index (χ3v) is 4.21. The molecule has 28 heavy (non-hydrogen) atoms. The van der Waals surface area contributed by atoms with Crippen LogP contribution in [0.5, 0.6) is 5.88 Å². The maximum absolute atomic E-state index is 5.92. The molecule has 0 radical (unpaired) electrons. The monoisotopic (exact) mass is 387 g/mol. The van der Waals surface area contributed by atoms with E-state index < -0.39 is 0 Å². The lowest BCUT2D eigenvalue weighted by molar-refractivity contribution is 0.185. The van der Waals surface area contributed by atoms with Gasteiger partial charge in [0.25, 0.3) is 0 Å². The summed E-state index contributed by atoms with van der Waals surface area (Å²) in [6.45, 7) is 11.8. The van der Waals surface area contributed by atoms with E-state index in [0.717, 1.165) is 23.4 Å². The highest BCUT2D eigenvalue weighted by atomic mass is 16.5. The van der Waals surface area contributed by atoms with Gasteiger partial charge in [0.2, 0.25) is 5.88 Å². The summed E-state index contributed by atoms with van der Waals surface area (Å²) in [5.41, 5.74) is 2.03. The molecule has 1 atom stereocenters. The van der Waals surface area contributed by atoms with Crippen molar-refractivity contribution in [3.05, 3.63) is 41.4 Å². The fourth-order valence-electron chi connectivity index (χ4n) is 2.80. The maximum Gasteiger partial charge on any atom is 0.213 e. The highest BCUT2D eigenvalue weighted by molar-refractivity contribution is 5.79. The third-order valence-electron chi connectivity index (χ3n) is 4.21. The molecular weight excluding hydrogens is 354 g/mol. The van der Waals surface area contributed by atoms with Crippen molar-refractivity contribution < 1.29 is 9.26 Å². The lowest BCUT2D eigenvalue weighted by Gasteiger charge is -2.16. The van der Waals surface area contributed by atoms with E-state index in [-0.39, 0.29) is 6.10 Å². The van der Waals surface area contributed by atoms with Gasteiger partial charge in [0, 0.05) is 31.9 Å². The van der Waals surface area contributed by atoms with Crippen LogP contribution in [0.15, 0.2) is 33.9 Å². The van der Waals surface area contributed by atoms with Crippen molar-refractivity contribution in [2.75, 3.05) is 7.05 Å². The number of hydrogen-bond donors (Lipinski definition) is 2. The van der Waals surface area contributed by atoms with E-state index in [9.17, 15) is 0 Å². The van der Waals surface area contributed by atoms with E-state index >= 15 is 0 Å². The Hall–Kier alpha value is -2.57. The van der Waals surface area contributed by atoms with Gasteiger partial charge < -0.3 is 19.9 Å². The van der Waals surface area contributed by atoms with Gasteiger partial charge in [0.15, 0.2) is 11.7 Å². The van der Waals surface area contributed by atoms with Crippen LogP contribution in [0, 0.1) is 5.92 Å². The standard InChI is InChI=1S/C21H33N5O2/c1-14(2)9-16(5)27-20-10-17(7-8-23-20)12-24-21(22-6)25-13-18-11-19(15(3)4)26-28-18/h7-8,10-11,14-16H,9,12-13H2,1-6H3,(H2,22,24,25). The summed E-state index contributed by atoms with van der Waals surface area (Å²) in [5.74, 6) is 3.06. The van der Waals surface area contributed by atoms with E-state index in [1.165, 1.54) is 0 Å². The summed E-state index contributed by atoms with van der Waals surface area (Å²) >= 11 is 0. The second kappa shape index (κ2) is 10.7. The van der Waals surface area contributed by atoms with Crippen LogP contribution in [0.25, 0.3) is 0 Å². The summed E-state index contributed by atoms with van der Waals surface area (Å²) in [6.07, 6.45) is 2.91. The fourth-order valence-corrected chi connectivity index (χ4v) is 2.80. The molecule has 2 aromatic heterocycles. The minimum absolute atomic E-state index is 0.141. The smallest absolute Gasteiger partial charge is 0.213 e. The van der Waals surface area contributed by atoms with Crippen molar-refractivity contribution in [1.82, 2.24) is 20.8 Å². The molecular formula is C21H33N5O2. The van der Waals surface area contributed by atoms with Crippen LogP contribution >= 0.6 is 0 Å². The molecule has 0 saturated heterocycles. The minimum atomic E-state index is 0.141. The highest BCUT2D eigenvalue weighted by Crippen LogP contribution is 2.15. The number of aromatic nitrogens is 2. The predicted molar refractivity (Wildman–Crippen MR) is 111 cm³/mol. The van der Waals surface area contributed by atoms with Gasteiger partial charge in [0.05, 0.1) is 18.3 Å². The SMILES string of the molecule is CN=C(NCc1ccnc(OC(C)CC(C)C)c1)NCc1cc(C(C)C)no1. The van der Waals surface area contributed by atoms with E-state index in [4.69, 9.17) is 9.26 Å². The largest absolute Gasteiger partial charge is 0.475 e. The molecule has 0 bridgehead atoms. The number of pyridine rings is 1. The number of guanidine groups is 1. The number of aliphatic imine (C=N–C) groups is 1. The molecule has 7 nitrogen and oxygen atoms in total. The van der Waals surface area contributed by atoms with Crippen LogP contribution in [-0.4, -0.2) is 29.3 Å². The summed E-state index contributed by atoms with van der Waals surface area (Å²) in [6, 6.07) is 5.89. The molecule has 7 heteroatoms. The predicted octanol–water partition coefficient (Wildman–Crippen LogP) is 3.87. The summed E-state index contributed by atoms with van der Waals surface area (Å²) < 4.78 is 11.3. The summed E-state index contributed by atoms with van der Waals surface area (Å²) in [7, 11) is 1.74. The van der Waals surface area contributed by atoms with Crippen molar-refractivity contribution in [3.8, 4) is 5.88 Å². The summed E-state index contributed by atoms with van der Waals surface area (Å²) in [4.78, 5) is 8.56. The molecule has 2 N–H and O–H groups in total. The van der Waals surface area contributed by atoms with Crippen molar-refractivity contribution in [1.29, 1.82) is 0 Å². The Kier molecular flexibility index (Phi) is 8.29. The minimum Gasteiger partial charge on any atom is -0.475 e. The molecule has 154 valence electrons. The van der Waals surface area contributed by atoms with Gasteiger partial charge in [-0.2, -0.15) is 0 Å². The molecule has 0 aliphatic rings. The Balaban J connectivity index is 1.84. The quantitative estimate of drug-likeness (QED) is 0.502. The Morgan fingerprint density at radius 3 is 2.54 bits per heavy atom. The van der Waals surface area contributed by atoms with Gasteiger partial charge in [0.1, 0.15) is 0 Å². The van der Waals surface area contributed by atoms with Crippen LogP contribution in [0.1, 0.15) is 64.0 Å². The van der Waals surface area contributed by atoms with Gasteiger partial charge in [-0.25, -0.2) is 4.98 Å². The topological polar surface area (TPSA) is 84.6 Å². The number of rotatable bonds is 9. The lowest BCUT2D eigenvalue weighted by Crippen LogP contribution is -2.36. The van der Waals surface area contributed by atoms with Crippen LogP contribution in [0.4, 0.5) is 0 Å². The zero-order valence-electron chi connectivity index (χ0n) is 17.8. The average molecular weight is 388 g/mol. The Morgan fingerprint density at radius 1 is 1.14 bits per heavy atom. The first-order valence-electron chi connectivity index (χ1n) is 9.89. The molecule has 0 aliphatic heterocycles. The zero-order chi connectivity index (χ0) is 20.5. The van der Waals surface area contributed by atoms with Gasteiger partial charge >= 0.3 is 0 Å². The number of nitrogens with zero attached hydrogens (tertiary/aromatic N) is 3. The van der Waals surface area contributed by atoms with Crippen LogP contribution in [0.2, 0.25) is 0 Å². The molecule has 0 fully saturated rings. The van der Waals surface area contributed by atoms with Gasteiger partial charge in [-0.3, -0.25) is 4.99 Å². The molecule has 2 heterocycles. The van der Waals surface area contributed by atoms with Crippen molar-refractivity contribution in [3.63, 3.8) is 0 Å². The molecule has 0 spiro atoms. The second-order valence-corrected chi connectivity index (χ2v) is 7.71. The Morgan fingerprint density at radius 2 is 1.89 bits per heavy atom. The van der Waals surface area contributed by atoms with E-state index in [2.05, 4.69) is 60.4 Å². The number of nitrogens with one attached hydrogen (secondary N) is 2. The third kappa shape index (κ3) is 7.21. The first-order chi connectivity index (χ1) is 13.4. The Bertz CT molecular complexity index is 755. The Labute approximate surface area is 168 Å². The molecule has 2 aromatic rings. The van der Waals surface area contributed by atoms with Gasteiger partial charge in [-0.05, 0) is 36.8 Å². The first-order valence-corrected chi connectivity index (χ1v) is 9.89. The van der Waals surface area contributed by atoms with E-state index in [1.54, 1.807) is 13.2 Å². The molecule has 0 aliphatic carbocycles. The number of hydrogen-bond acceptors (Lipinski definition) is 5. The van der Waals surface area contributed by atoms with Crippen molar-refractivity contribution >= 4 is 5.96 Å². The number of ether oxygens (including phenoxy) is 1. The molecule has 0 saturated carbocycles. The highest BCUT2D eigenvalue weighted by Gasteiger charge is 2.10. The second-order valence-electron chi connectivity index (χ2n) is 7.71. The normalized spacial score (nSPS) is 13.1. The lowest BCUT2D eigenvalue weighted by atomic mass is 10.1. The summed E-state index contributed by atoms with van der Waals surface area (Å²) in [5, 5.41) is 10.6. The van der Waals surface area contributed by atoms with Crippen LogP contribution in [-0.2, 0) is 13.1 Å². The van der Waals surface area contributed by atoms with Crippen LogP contribution < -0.4 is 15.4 Å². The molecule has 0 amide bonds. The molecule has 0 aromatic carbocycles. The van der Waals surface area contributed by atoms with Crippen molar-refractivity contribution in [2.45, 2.75) is 66.2 Å². The van der Waals surface area contributed by atoms with Crippen LogP contribution in [0.3, 0.4) is 0 Å². The maximum atomic E-state index is 5.92.